The molecule has 0 spiro atoms. The molecule has 1 aromatic heterocycles. The molecule has 1 heterocycles. The molecule has 3 rings (SSSR count). The number of carbonyl (C=O) groups is 2. The van der Waals surface area contributed by atoms with Gasteiger partial charge in [0.25, 0.3) is 5.91 Å². The van der Waals surface area contributed by atoms with Gasteiger partial charge in [0.1, 0.15) is 5.69 Å². The fourth-order valence-electron chi connectivity index (χ4n) is 2.94. The molecule has 0 bridgehead atoms. The molecule has 0 saturated carbocycles. The van der Waals surface area contributed by atoms with Crippen molar-refractivity contribution in [1.29, 1.82) is 0 Å². The van der Waals surface area contributed by atoms with Gasteiger partial charge in [-0.3, -0.25) is 14.6 Å². The van der Waals surface area contributed by atoms with Crippen LogP contribution in [0.15, 0.2) is 66.9 Å². The zero-order valence-corrected chi connectivity index (χ0v) is 16.7. The summed E-state index contributed by atoms with van der Waals surface area (Å²) in [4.78, 5) is 27.9. The number of para-hydroxylation sites is 1. The molecule has 6 heteroatoms. The first-order chi connectivity index (χ1) is 13.9. The largest absolute Gasteiger partial charge is 0.355 e. The molecule has 2 amide bonds. The zero-order chi connectivity index (χ0) is 20.8. The summed E-state index contributed by atoms with van der Waals surface area (Å²) in [6.07, 6.45) is 1.61. The molecule has 0 radical (unpaired) electrons. The number of aromatic nitrogens is 1. The maximum Gasteiger partial charge on any atom is 0.274 e. The molecule has 0 aliphatic heterocycles. The summed E-state index contributed by atoms with van der Waals surface area (Å²) in [6.45, 7) is 5.73. The number of carbonyl (C=O) groups excluding carboxylic acids is 2. The third-order valence-corrected chi connectivity index (χ3v) is 4.32. The summed E-state index contributed by atoms with van der Waals surface area (Å²) >= 11 is 0. The van der Waals surface area contributed by atoms with Gasteiger partial charge in [-0.25, -0.2) is 0 Å². The average Bonchev–Trinajstić information content (AvgIpc) is 2.69. The fraction of sp³-hybridized carbons (Fsp3) is 0.174. The van der Waals surface area contributed by atoms with E-state index >= 15 is 0 Å². The van der Waals surface area contributed by atoms with Crippen LogP contribution in [0.3, 0.4) is 0 Å². The van der Waals surface area contributed by atoms with Crippen LogP contribution < -0.4 is 16.0 Å². The van der Waals surface area contributed by atoms with Crippen molar-refractivity contribution in [2.45, 2.75) is 26.7 Å². The molecule has 0 aliphatic carbocycles. The van der Waals surface area contributed by atoms with Gasteiger partial charge in [-0.1, -0.05) is 32.0 Å². The predicted molar refractivity (Wildman–Crippen MR) is 117 cm³/mol. The van der Waals surface area contributed by atoms with Crippen molar-refractivity contribution in [3.8, 4) is 0 Å². The van der Waals surface area contributed by atoms with E-state index in [9.17, 15) is 9.59 Å². The van der Waals surface area contributed by atoms with Gasteiger partial charge in [-0.15, -0.1) is 0 Å². The smallest absolute Gasteiger partial charge is 0.274 e. The van der Waals surface area contributed by atoms with E-state index < -0.39 is 0 Å². The SMILES string of the molecule is CC(=O)Nc1ccc(NC(=O)c2cc(Nc3ccccc3C(C)C)ccn2)cc1. The molecule has 29 heavy (non-hydrogen) atoms. The molecule has 3 N–H and O–H groups in total. The molecule has 0 aliphatic rings. The Labute approximate surface area is 170 Å². The number of benzene rings is 2. The van der Waals surface area contributed by atoms with E-state index in [0.29, 0.717) is 23.0 Å². The zero-order valence-electron chi connectivity index (χ0n) is 16.7. The maximum absolute atomic E-state index is 12.6. The molecular weight excluding hydrogens is 364 g/mol. The number of amides is 2. The minimum Gasteiger partial charge on any atom is -0.355 e. The summed E-state index contributed by atoms with van der Waals surface area (Å²) < 4.78 is 0. The lowest BCUT2D eigenvalue weighted by Crippen LogP contribution is -2.14. The molecule has 0 saturated heterocycles. The molecule has 2 aromatic carbocycles. The molecule has 148 valence electrons. The number of hydrogen-bond donors (Lipinski definition) is 3. The summed E-state index contributed by atoms with van der Waals surface area (Å²) in [5, 5.41) is 8.88. The highest BCUT2D eigenvalue weighted by molar-refractivity contribution is 6.03. The van der Waals surface area contributed by atoms with E-state index in [1.807, 2.05) is 24.3 Å². The fourth-order valence-corrected chi connectivity index (χ4v) is 2.94. The van der Waals surface area contributed by atoms with Crippen LogP contribution in [0.2, 0.25) is 0 Å². The van der Waals surface area contributed by atoms with Crippen LogP contribution in [0.25, 0.3) is 0 Å². The van der Waals surface area contributed by atoms with Gasteiger partial charge in [0.15, 0.2) is 0 Å². The van der Waals surface area contributed by atoms with Crippen LogP contribution >= 0.6 is 0 Å². The van der Waals surface area contributed by atoms with E-state index in [1.54, 1.807) is 36.5 Å². The van der Waals surface area contributed by atoms with Gasteiger partial charge in [0, 0.05) is 35.9 Å². The second-order valence-electron chi connectivity index (χ2n) is 7.01. The maximum atomic E-state index is 12.6. The Kier molecular flexibility index (Phi) is 6.24. The highest BCUT2D eigenvalue weighted by Crippen LogP contribution is 2.27. The van der Waals surface area contributed by atoms with Crippen molar-refractivity contribution < 1.29 is 9.59 Å². The highest BCUT2D eigenvalue weighted by Gasteiger charge is 2.11. The van der Waals surface area contributed by atoms with Crippen molar-refractivity contribution in [2.75, 3.05) is 16.0 Å². The number of pyridine rings is 1. The summed E-state index contributed by atoms with van der Waals surface area (Å²) in [7, 11) is 0. The summed E-state index contributed by atoms with van der Waals surface area (Å²) in [5.74, 6) is -0.0730. The van der Waals surface area contributed by atoms with E-state index in [4.69, 9.17) is 0 Å². The molecule has 0 unspecified atom stereocenters. The van der Waals surface area contributed by atoms with Gasteiger partial charge < -0.3 is 16.0 Å². The lowest BCUT2D eigenvalue weighted by molar-refractivity contribution is -0.114. The second kappa shape index (κ2) is 9.01. The minimum atomic E-state index is -0.307. The molecular formula is C23H24N4O2. The van der Waals surface area contributed by atoms with Gasteiger partial charge in [0.05, 0.1) is 0 Å². The average molecular weight is 388 g/mol. The highest BCUT2D eigenvalue weighted by atomic mass is 16.2. The normalized spacial score (nSPS) is 10.5. The standard InChI is InChI=1S/C23H24N4O2/c1-15(2)20-6-4-5-7-21(20)26-19-12-13-24-22(14-19)23(29)27-18-10-8-17(9-11-18)25-16(3)28/h4-15H,1-3H3,(H,24,26)(H,25,28)(H,27,29). The number of nitrogens with one attached hydrogen (secondary N) is 3. The second-order valence-corrected chi connectivity index (χ2v) is 7.01. The summed E-state index contributed by atoms with van der Waals surface area (Å²) in [6, 6.07) is 18.6. The topological polar surface area (TPSA) is 83.1 Å². The lowest BCUT2D eigenvalue weighted by atomic mass is 10.0. The Morgan fingerprint density at radius 1 is 0.862 bits per heavy atom. The third-order valence-electron chi connectivity index (χ3n) is 4.32. The minimum absolute atomic E-state index is 0.144. The first-order valence-electron chi connectivity index (χ1n) is 9.43. The van der Waals surface area contributed by atoms with Crippen LogP contribution in [0.5, 0.6) is 0 Å². The van der Waals surface area contributed by atoms with Gasteiger partial charge in [-0.2, -0.15) is 0 Å². The Morgan fingerprint density at radius 2 is 1.52 bits per heavy atom. The molecule has 3 aromatic rings. The number of rotatable bonds is 6. The van der Waals surface area contributed by atoms with Crippen molar-refractivity contribution in [1.82, 2.24) is 4.98 Å². The van der Waals surface area contributed by atoms with Crippen molar-refractivity contribution in [3.63, 3.8) is 0 Å². The van der Waals surface area contributed by atoms with E-state index in [0.717, 1.165) is 11.4 Å². The van der Waals surface area contributed by atoms with E-state index in [-0.39, 0.29) is 11.8 Å². The van der Waals surface area contributed by atoms with Gasteiger partial charge in [-0.05, 0) is 53.9 Å². The summed E-state index contributed by atoms with van der Waals surface area (Å²) in [5.41, 5.74) is 4.60. The quantitative estimate of drug-likeness (QED) is 0.545. The van der Waals surface area contributed by atoms with Crippen LogP contribution in [0, 0.1) is 0 Å². The van der Waals surface area contributed by atoms with E-state index in [1.165, 1.54) is 12.5 Å². The number of anilines is 4. The van der Waals surface area contributed by atoms with Crippen molar-refractivity contribution in [2.24, 2.45) is 0 Å². The number of nitrogens with zero attached hydrogens (tertiary/aromatic N) is 1. The van der Waals surface area contributed by atoms with Gasteiger partial charge >= 0.3 is 0 Å². The monoisotopic (exact) mass is 388 g/mol. The van der Waals surface area contributed by atoms with Crippen LogP contribution in [-0.4, -0.2) is 16.8 Å². The Hall–Kier alpha value is -3.67. The molecule has 0 fully saturated rings. The van der Waals surface area contributed by atoms with Gasteiger partial charge in [0.2, 0.25) is 5.91 Å². The Morgan fingerprint density at radius 3 is 2.17 bits per heavy atom. The third kappa shape index (κ3) is 5.42. The molecule has 0 atom stereocenters. The first-order valence-corrected chi connectivity index (χ1v) is 9.43. The number of hydrogen-bond acceptors (Lipinski definition) is 4. The van der Waals surface area contributed by atoms with Crippen LogP contribution in [0.1, 0.15) is 42.7 Å². The Bertz CT molecular complexity index is 1010. The lowest BCUT2D eigenvalue weighted by Gasteiger charge is -2.15. The van der Waals surface area contributed by atoms with Crippen LogP contribution in [-0.2, 0) is 4.79 Å². The predicted octanol–water partition coefficient (Wildman–Crippen LogP) is 5.16. The van der Waals surface area contributed by atoms with Crippen LogP contribution in [0.4, 0.5) is 22.7 Å². The van der Waals surface area contributed by atoms with Crippen molar-refractivity contribution in [3.05, 3.63) is 78.1 Å². The first kappa shape index (κ1) is 20.1. The van der Waals surface area contributed by atoms with Crippen molar-refractivity contribution >= 4 is 34.6 Å². The Balaban J connectivity index is 1.72. The van der Waals surface area contributed by atoms with E-state index in [2.05, 4.69) is 40.8 Å². The molecule has 6 nitrogen and oxygen atoms in total.